The molecule has 5 aliphatic rings. The Morgan fingerprint density at radius 2 is 1.13 bits per heavy atom. The van der Waals surface area contributed by atoms with Gasteiger partial charge in [-0.25, -0.2) is 0 Å². The van der Waals surface area contributed by atoms with Gasteiger partial charge < -0.3 is 9.71 Å². The summed E-state index contributed by atoms with van der Waals surface area (Å²) in [5.74, 6) is 0. The summed E-state index contributed by atoms with van der Waals surface area (Å²) in [5, 5.41) is 2.55. The molecule has 370 valence electrons. The molecule has 2 aliphatic carbocycles. The molecule has 3 heterocycles. The van der Waals surface area contributed by atoms with E-state index in [1.165, 1.54) is 144 Å². The molecule has 9 aromatic rings. The van der Waals surface area contributed by atoms with Crippen LogP contribution in [0.2, 0.25) is 0 Å². The van der Waals surface area contributed by atoms with Gasteiger partial charge in [0, 0.05) is 59.9 Å². The van der Waals surface area contributed by atoms with E-state index < -0.39 is 0 Å². The Labute approximate surface area is 450 Å². The molecular formula is C71H67BN2S. The van der Waals surface area contributed by atoms with Crippen molar-refractivity contribution in [3.8, 4) is 33.4 Å². The monoisotopic (exact) mass is 991 g/mol. The van der Waals surface area contributed by atoms with Crippen molar-refractivity contribution >= 4 is 68.7 Å². The van der Waals surface area contributed by atoms with Gasteiger partial charge in [0.2, 0.25) is 0 Å². The van der Waals surface area contributed by atoms with E-state index in [9.17, 15) is 0 Å². The SMILES string of the molecule is Cc1cc2c(cc1N1c3cc4c(cc3B3c5c(cc6ccccc6c51)-c1ccc5c(c1N3c1ccc(C(C)(C)C)cc1-c1ccccc1)C(C)(C)c1ccccc1-5)Sc1ccccc1C4(C)C)C(C)(C)CCC2(C)C. The van der Waals surface area contributed by atoms with E-state index in [2.05, 4.69) is 257 Å². The highest BCUT2D eigenvalue weighted by Crippen LogP contribution is 2.61. The third-order valence-electron chi connectivity index (χ3n) is 18.8. The van der Waals surface area contributed by atoms with Gasteiger partial charge in [0.1, 0.15) is 0 Å². The van der Waals surface area contributed by atoms with Gasteiger partial charge in [-0.2, -0.15) is 0 Å². The van der Waals surface area contributed by atoms with Gasteiger partial charge >= 0.3 is 6.85 Å². The maximum absolute atomic E-state index is 2.86. The molecule has 0 saturated carbocycles. The summed E-state index contributed by atoms with van der Waals surface area (Å²) in [5.41, 5.74) is 27.6. The molecule has 2 nitrogen and oxygen atoms in total. The van der Waals surface area contributed by atoms with Crippen molar-refractivity contribution in [3.63, 3.8) is 0 Å². The second-order valence-electron chi connectivity index (χ2n) is 26.0. The summed E-state index contributed by atoms with van der Waals surface area (Å²) in [6.45, 7) is 29.0. The number of anilines is 5. The molecule has 0 spiro atoms. The van der Waals surface area contributed by atoms with Crippen LogP contribution in [0.5, 0.6) is 0 Å². The number of fused-ring (bicyclic) bond motifs is 13. The number of rotatable bonds is 3. The van der Waals surface area contributed by atoms with Crippen LogP contribution < -0.4 is 20.6 Å². The standard InChI is InChI=1S/C71H67BN2S/c1-42-36-54-55(69(7,8)35-34-68(54,5)6)39-59(42)73-60-40-56-62(75-61-29-21-20-28-53(61)70(56,9)10)41-57(60)72-64-51(37-44-24-16-17-25-46(44)66(64)73)49-32-31-48-47-26-18-19-27-52(47)71(11,12)63(48)65(49)74(72)58-33-30-45(67(2,3)4)38-50(58)43-22-14-13-15-23-43/h13-33,36-41H,34-35H2,1-12H3. The number of nitrogens with zero attached hydrogens (tertiary/aromatic N) is 2. The molecule has 4 heteroatoms. The molecule has 0 unspecified atom stereocenters. The molecule has 0 N–H and O–H groups in total. The second-order valence-corrected chi connectivity index (χ2v) is 27.1. The van der Waals surface area contributed by atoms with E-state index in [1.54, 1.807) is 0 Å². The van der Waals surface area contributed by atoms with Crippen molar-refractivity contribution in [2.75, 3.05) is 9.71 Å². The molecule has 0 amide bonds. The first-order valence-corrected chi connectivity index (χ1v) is 28.3. The lowest BCUT2D eigenvalue weighted by Crippen LogP contribution is -2.62. The molecule has 75 heavy (non-hydrogen) atoms. The predicted octanol–water partition coefficient (Wildman–Crippen LogP) is 18.3. The molecule has 0 aromatic heterocycles. The highest BCUT2D eigenvalue weighted by atomic mass is 32.2. The lowest BCUT2D eigenvalue weighted by molar-refractivity contribution is 0.332. The van der Waals surface area contributed by atoms with E-state index in [0.29, 0.717) is 0 Å². The largest absolute Gasteiger partial charge is 0.376 e. The van der Waals surface area contributed by atoms with Gasteiger partial charge in [0.05, 0.1) is 5.69 Å². The van der Waals surface area contributed by atoms with Gasteiger partial charge in [-0.15, -0.1) is 0 Å². The first-order chi connectivity index (χ1) is 35.8. The normalized spacial score (nSPS) is 17.5. The topological polar surface area (TPSA) is 6.48 Å². The molecule has 9 aromatic carbocycles. The molecule has 0 atom stereocenters. The smallest absolute Gasteiger partial charge is 0.333 e. The van der Waals surface area contributed by atoms with E-state index in [1.807, 2.05) is 11.8 Å². The van der Waals surface area contributed by atoms with Gasteiger partial charge in [-0.1, -0.05) is 209 Å². The minimum atomic E-state index is -0.283. The lowest BCUT2D eigenvalue weighted by atomic mass is 9.42. The van der Waals surface area contributed by atoms with Crippen LogP contribution in [0.25, 0.3) is 44.2 Å². The van der Waals surface area contributed by atoms with Crippen LogP contribution >= 0.6 is 11.8 Å². The number of hydrogen-bond donors (Lipinski definition) is 0. The Bertz CT molecular complexity index is 3940. The Morgan fingerprint density at radius 3 is 1.89 bits per heavy atom. The Kier molecular flexibility index (Phi) is 9.77. The van der Waals surface area contributed by atoms with Crippen molar-refractivity contribution < 1.29 is 0 Å². The molecule has 0 radical (unpaired) electrons. The molecule has 3 aliphatic heterocycles. The summed E-state index contributed by atoms with van der Waals surface area (Å²) in [6.07, 6.45) is 2.34. The average molecular weight is 991 g/mol. The quantitative estimate of drug-likeness (QED) is 0.163. The van der Waals surface area contributed by atoms with Crippen LogP contribution in [0, 0.1) is 6.92 Å². The lowest BCUT2D eigenvalue weighted by Gasteiger charge is -2.49. The summed E-state index contributed by atoms with van der Waals surface area (Å²) in [6, 6.07) is 64.3. The van der Waals surface area contributed by atoms with Crippen molar-refractivity contribution in [2.24, 2.45) is 0 Å². The van der Waals surface area contributed by atoms with E-state index in [4.69, 9.17) is 0 Å². The summed E-state index contributed by atoms with van der Waals surface area (Å²) < 4.78 is 0. The molecule has 0 saturated heterocycles. The van der Waals surface area contributed by atoms with Crippen LogP contribution in [0.3, 0.4) is 0 Å². The maximum Gasteiger partial charge on any atom is 0.333 e. The van der Waals surface area contributed by atoms with Crippen LogP contribution in [0.1, 0.15) is 134 Å². The van der Waals surface area contributed by atoms with Gasteiger partial charge in [0.25, 0.3) is 0 Å². The van der Waals surface area contributed by atoms with Crippen molar-refractivity contribution in [2.45, 2.75) is 133 Å². The van der Waals surface area contributed by atoms with Crippen molar-refractivity contribution in [3.05, 3.63) is 208 Å². The number of aryl methyl sites for hydroxylation is 1. The number of benzene rings is 9. The van der Waals surface area contributed by atoms with E-state index in [0.717, 1.165) is 6.42 Å². The van der Waals surface area contributed by atoms with Gasteiger partial charge in [-0.05, 0) is 162 Å². The summed E-state index contributed by atoms with van der Waals surface area (Å²) >= 11 is 1.96. The maximum atomic E-state index is 2.86. The minimum absolute atomic E-state index is 0.0262. The Morgan fingerprint density at radius 1 is 0.480 bits per heavy atom. The van der Waals surface area contributed by atoms with Gasteiger partial charge in [-0.3, -0.25) is 0 Å². The zero-order chi connectivity index (χ0) is 51.9. The third kappa shape index (κ3) is 6.54. The molecule has 0 bridgehead atoms. The summed E-state index contributed by atoms with van der Waals surface area (Å²) in [4.78, 5) is 8.31. The highest BCUT2D eigenvalue weighted by molar-refractivity contribution is 7.99. The fraction of sp³-hybridized carbons (Fsp3) is 0.268. The van der Waals surface area contributed by atoms with Crippen LogP contribution in [0.15, 0.2) is 174 Å². The van der Waals surface area contributed by atoms with E-state index >= 15 is 0 Å². The van der Waals surface area contributed by atoms with Crippen LogP contribution in [-0.4, -0.2) is 6.85 Å². The van der Waals surface area contributed by atoms with Gasteiger partial charge in [0.15, 0.2) is 0 Å². The second kappa shape index (κ2) is 15.7. The average Bonchev–Trinajstić information content (AvgIpc) is 3.69. The predicted molar refractivity (Wildman–Crippen MR) is 322 cm³/mol. The van der Waals surface area contributed by atoms with Crippen molar-refractivity contribution in [1.82, 2.24) is 0 Å². The first-order valence-electron chi connectivity index (χ1n) is 27.5. The fourth-order valence-electron chi connectivity index (χ4n) is 14.5. The molecular weight excluding hydrogens is 924 g/mol. The number of hydrogen-bond acceptors (Lipinski definition) is 3. The third-order valence-corrected chi connectivity index (χ3v) is 19.9. The molecule has 14 rings (SSSR count). The van der Waals surface area contributed by atoms with Crippen LogP contribution in [0.4, 0.5) is 28.4 Å². The minimum Gasteiger partial charge on any atom is -0.376 e. The highest BCUT2D eigenvalue weighted by Gasteiger charge is 2.51. The zero-order valence-corrected chi connectivity index (χ0v) is 46.7. The van der Waals surface area contributed by atoms with Crippen LogP contribution in [-0.2, 0) is 27.1 Å². The Balaban J connectivity index is 1.18. The van der Waals surface area contributed by atoms with E-state index in [-0.39, 0.29) is 33.9 Å². The molecule has 0 fully saturated rings. The fourth-order valence-corrected chi connectivity index (χ4v) is 15.9. The summed E-state index contributed by atoms with van der Waals surface area (Å²) in [7, 11) is 0. The first kappa shape index (κ1) is 46.8. The zero-order valence-electron chi connectivity index (χ0n) is 45.9. The Hall–Kier alpha value is -6.75. The van der Waals surface area contributed by atoms with Crippen molar-refractivity contribution in [1.29, 1.82) is 0 Å².